The van der Waals surface area contributed by atoms with Gasteiger partial charge in [-0.05, 0) is 17.7 Å². The van der Waals surface area contributed by atoms with Crippen molar-refractivity contribution in [2.24, 2.45) is 5.10 Å². The number of rotatable bonds is 4. The molecule has 3 rings (SSSR count). The maximum atomic E-state index is 5.32. The summed E-state index contributed by atoms with van der Waals surface area (Å²) >= 11 is 0. The molecule has 0 bridgehead atoms. The van der Waals surface area contributed by atoms with E-state index in [1.54, 1.807) is 6.21 Å². The van der Waals surface area contributed by atoms with Crippen LogP contribution in [0.2, 0.25) is 0 Å². The predicted octanol–water partition coefficient (Wildman–Crippen LogP) is 1.76. The Balaban J connectivity index is 1.58. The van der Waals surface area contributed by atoms with Gasteiger partial charge in [0.25, 0.3) is 0 Å². The first kappa shape index (κ1) is 13.5. The van der Waals surface area contributed by atoms with Crippen LogP contribution in [0.1, 0.15) is 5.56 Å². The molecule has 0 amide bonds. The molecule has 0 unspecified atom stereocenters. The summed E-state index contributed by atoms with van der Waals surface area (Å²) in [5.74, 6) is 1.50. The molecule has 0 radical (unpaired) electrons. The zero-order valence-corrected chi connectivity index (χ0v) is 11.6. The van der Waals surface area contributed by atoms with Crippen molar-refractivity contribution in [2.45, 2.75) is 0 Å². The lowest BCUT2D eigenvalue weighted by Crippen LogP contribution is -2.36. The van der Waals surface area contributed by atoms with Gasteiger partial charge in [-0.15, -0.1) is 10.2 Å². The summed E-state index contributed by atoms with van der Waals surface area (Å²) < 4.78 is 5.32. The summed E-state index contributed by atoms with van der Waals surface area (Å²) in [6, 6.07) is 13.7. The maximum Gasteiger partial charge on any atom is 0.168 e. The molecule has 0 spiro atoms. The van der Waals surface area contributed by atoms with E-state index in [-0.39, 0.29) is 0 Å². The Morgan fingerprint density at radius 2 is 1.86 bits per heavy atom. The Hall–Kier alpha value is -2.47. The van der Waals surface area contributed by atoms with Crippen molar-refractivity contribution in [1.29, 1.82) is 0 Å². The van der Waals surface area contributed by atoms with E-state index in [4.69, 9.17) is 4.74 Å². The van der Waals surface area contributed by atoms with Gasteiger partial charge in [0.1, 0.15) is 0 Å². The molecule has 0 aliphatic carbocycles. The average molecular weight is 283 g/mol. The van der Waals surface area contributed by atoms with Crippen LogP contribution in [-0.4, -0.2) is 42.7 Å². The van der Waals surface area contributed by atoms with Gasteiger partial charge >= 0.3 is 0 Å². The Bertz CT molecular complexity index is 579. The van der Waals surface area contributed by atoms with Crippen LogP contribution in [-0.2, 0) is 4.74 Å². The van der Waals surface area contributed by atoms with E-state index < -0.39 is 0 Å². The van der Waals surface area contributed by atoms with Crippen LogP contribution in [0.3, 0.4) is 0 Å². The zero-order valence-electron chi connectivity index (χ0n) is 11.6. The minimum absolute atomic E-state index is 0.624. The number of ether oxygens (including phenoxy) is 1. The molecule has 1 aliphatic rings. The van der Waals surface area contributed by atoms with Gasteiger partial charge in [-0.2, -0.15) is 5.10 Å². The van der Waals surface area contributed by atoms with E-state index in [1.807, 2.05) is 42.5 Å². The Morgan fingerprint density at radius 1 is 1.05 bits per heavy atom. The number of hydrazone groups is 1. The second-order valence-electron chi connectivity index (χ2n) is 4.66. The topological polar surface area (TPSA) is 62.6 Å². The molecule has 1 aromatic heterocycles. The van der Waals surface area contributed by atoms with Crippen molar-refractivity contribution in [3.8, 4) is 0 Å². The van der Waals surface area contributed by atoms with Crippen LogP contribution in [0.15, 0.2) is 47.6 Å². The molecule has 1 aliphatic heterocycles. The van der Waals surface area contributed by atoms with Crippen LogP contribution < -0.4 is 10.3 Å². The van der Waals surface area contributed by atoms with Crippen molar-refractivity contribution >= 4 is 17.9 Å². The molecule has 2 aromatic rings. The van der Waals surface area contributed by atoms with Crippen LogP contribution >= 0.6 is 0 Å². The van der Waals surface area contributed by atoms with Crippen molar-refractivity contribution in [2.75, 3.05) is 36.6 Å². The van der Waals surface area contributed by atoms with E-state index in [0.29, 0.717) is 5.82 Å². The van der Waals surface area contributed by atoms with Gasteiger partial charge in [-0.1, -0.05) is 30.3 Å². The van der Waals surface area contributed by atoms with Gasteiger partial charge in [0, 0.05) is 13.1 Å². The van der Waals surface area contributed by atoms with Crippen LogP contribution in [0.4, 0.5) is 11.6 Å². The van der Waals surface area contributed by atoms with E-state index in [9.17, 15) is 0 Å². The molecule has 2 heterocycles. The standard InChI is InChI=1S/C15H17N5O/c1-2-4-13(5-3-1)12-16-17-14-6-7-15(19-18-14)20-8-10-21-11-9-20/h1-7,12H,8-11H2,(H,17,18). The highest BCUT2D eigenvalue weighted by atomic mass is 16.5. The maximum absolute atomic E-state index is 5.32. The number of hydrogen-bond acceptors (Lipinski definition) is 6. The van der Waals surface area contributed by atoms with Crippen LogP contribution in [0, 0.1) is 0 Å². The summed E-state index contributed by atoms with van der Waals surface area (Å²) in [5.41, 5.74) is 3.91. The lowest BCUT2D eigenvalue weighted by molar-refractivity contribution is 0.122. The lowest BCUT2D eigenvalue weighted by atomic mass is 10.2. The molecule has 1 aromatic carbocycles. The number of nitrogens with zero attached hydrogens (tertiary/aromatic N) is 4. The molecular weight excluding hydrogens is 266 g/mol. The van der Waals surface area contributed by atoms with Gasteiger partial charge in [-0.3, -0.25) is 5.43 Å². The minimum atomic E-state index is 0.624. The number of morpholine rings is 1. The largest absolute Gasteiger partial charge is 0.378 e. The summed E-state index contributed by atoms with van der Waals surface area (Å²) in [5, 5.41) is 12.5. The van der Waals surface area contributed by atoms with Crippen molar-refractivity contribution in [3.63, 3.8) is 0 Å². The van der Waals surface area contributed by atoms with Gasteiger partial charge in [0.2, 0.25) is 0 Å². The molecular formula is C15H17N5O. The van der Waals surface area contributed by atoms with Gasteiger partial charge in [0.05, 0.1) is 19.4 Å². The van der Waals surface area contributed by atoms with Gasteiger partial charge in [-0.25, -0.2) is 0 Å². The first-order valence-electron chi connectivity index (χ1n) is 6.92. The fraction of sp³-hybridized carbons (Fsp3) is 0.267. The molecule has 1 fully saturated rings. The third kappa shape index (κ3) is 3.76. The number of aromatic nitrogens is 2. The Kier molecular flexibility index (Phi) is 4.38. The average Bonchev–Trinajstić information content (AvgIpc) is 2.57. The molecule has 21 heavy (non-hydrogen) atoms. The number of anilines is 2. The lowest BCUT2D eigenvalue weighted by Gasteiger charge is -2.27. The van der Waals surface area contributed by atoms with E-state index >= 15 is 0 Å². The summed E-state index contributed by atoms with van der Waals surface area (Å²) in [4.78, 5) is 2.16. The Morgan fingerprint density at radius 3 is 2.57 bits per heavy atom. The predicted molar refractivity (Wildman–Crippen MR) is 82.7 cm³/mol. The number of nitrogens with one attached hydrogen (secondary N) is 1. The fourth-order valence-corrected chi connectivity index (χ4v) is 2.06. The van der Waals surface area contributed by atoms with E-state index in [0.717, 1.165) is 37.7 Å². The molecule has 108 valence electrons. The number of hydrogen-bond donors (Lipinski definition) is 1. The summed E-state index contributed by atoms with van der Waals surface area (Å²) in [7, 11) is 0. The van der Waals surface area contributed by atoms with Crippen LogP contribution in [0.5, 0.6) is 0 Å². The molecule has 0 atom stereocenters. The SMILES string of the molecule is C(=NNc1ccc(N2CCOCC2)nn1)c1ccccc1. The Labute approximate surface area is 123 Å². The first-order valence-corrected chi connectivity index (χ1v) is 6.92. The summed E-state index contributed by atoms with van der Waals surface area (Å²) in [6.45, 7) is 3.19. The highest BCUT2D eigenvalue weighted by Gasteiger charge is 2.12. The molecule has 1 saturated heterocycles. The monoisotopic (exact) mass is 283 g/mol. The third-order valence-electron chi connectivity index (χ3n) is 3.18. The van der Waals surface area contributed by atoms with Crippen molar-refractivity contribution < 1.29 is 4.74 Å². The second-order valence-corrected chi connectivity index (χ2v) is 4.66. The summed E-state index contributed by atoms with van der Waals surface area (Å²) in [6.07, 6.45) is 1.75. The zero-order chi connectivity index (χ0) is 14.3. The highest BCUT2D eigenvalue weighted by Crippen LogP contribution is 2.13. The van der Waals surface area contributed by atoms with Crippen molar-refractivity contribution in [1.82, 2.24) is 10.2 Å². The third-order valence-corrected chi connectivity index (χ3v) is 3.18. The number of benzene rings is 1. The van der Waals surface area contributed by atoms with Crippen LogP contribution in [0.25, 0.3) is 0 Å². The molecule has 6 nitrogen and oxygen atoms in total. The first-order chi connectivity index (χ1) is 10.4. The smallest absolute Gasteiger partial charge is 0.168 e. The highest BCUT2D eigenvalue weighted by molar-refractivity contribution is 5.79. The van der Waals surface area contributed by atoms with Gasteiger partial charge < -0.3 is 9.64 Å². The minimum Gasteiger partial charge on any atom is -0.378 e. The second kappa shape index (κ2) is 6.81. The molecule has 1 N–H and O–H groups in total. The van der Waals surface area contributed by atoms with E-state index in [2.05, 4.69) is 25.6 Å². The molecule has 0 saturated carbocycles. The quantitative estimate of drug-likeness (QED) is 0.684. The fourth-order valence-electron chi connectivity index (χ4n) is 2.06. The van der Waals surface area contributed by atoms with E-state index in [1.165, 1.54) is 0 Å². The molecule has 6 heteroatoms. The van der Waals surface area contributed by atoms with Gasteiger partial charge in [0.15, 0.2) is 11.6 Å². The normalized spacial score (nSPS) is 15.3. The van der Waals surface area contributed by atoms with Crippen molar-refractivity contribution in [3.05, 3.63) is 48.0 Å².